The maximum Gasteiger partial charge on any atom is 0.251 e. The summed E-state index contributed by atoms with van der Waals surface area (Å²) in [7, 11) is 0. The van der Waals surface area contributed by atoms with Crippen LogP contribution in [0.2, 0.25) is 0 Å². The molecule has 5 nitrogen and oxygen atoms in total. The number of nitrogens with one attached hydrogen (secondary N) is 2. The monoisotopic (exact) mass is 317 g/mol. The zero-order valence-corrected chi connectivity index (χ0v) is 14.2. The Morgan fingerprint density at radius 1 is 1.30 bits per heavy atom. The number of aryl methyl sites for hydroxylation is 1. The molecule has 0 bridgehead atoms. The molecule has 0 heterocycles. The summed E-state index contributed by atoms with van der Waals surface area (Å²) < 4.78 is 0. The van der Waals surface area contributed by atoms with Gasteiger partial charge in [0.25, 0.3) is 5.91 Å². The Balaban J connectivity index is 1.97. The quantitative estimate of drug-likeness (QED) is 0.780. The number of amides is 2. The van der Waals surface area contributed by atoms with Crippen LogP contribution in [0.5, 0.6) is 0 Å². The van der Waals surface area contributed by atoms with E-state index >= 15 is 0 Å². The molecule has 0 spiro atoms. The summed E-state index contributed by atoms with van der Waals surface area (Å²) in [6.45, 7) is 5.74. The Morgan fingerprint density at radius 2 is 2.04 bits per heavy atom. The Hall–Kier alpha value is -1.88. The molecule has 0 radical (unpaired) electrons. The molecule has 1 fully saturated rings. The molecular formula is C18H27N3O2. The van der Waals surface area contributed by atoms with Crippen molar-refractivity contribution in [2.24, 2.45) is 11.7 Å². The molecule has 1 aromatic carbocycles. The molecular weight excluding hydrogens is 290 g/mol. The summed E-state index contributed by atoms with van der Waals surface area (Å²) in [4.78, 5) is 24.2. The molecule has 126 valence electrons. The minimum Gasteiger partial charge on any atom is -0.350 e. The van der Waals surface area contributed by atoms with Crippen molar-refractivity contribution in [3.05, 3.63) is 29.3 Å². The first-order valence-electron chi connectivity index (χ1n) is 8.33. The zero-order valence-electron chi connectivity index (χ0n) is 14.2. The van der Waals surface area contributed by atoms with Gasteiger partial charge < -0.3 is 16.4 Å². The van der Waals surface area contributed by atoms with Crippen LogP contribution in [0.3, 0.4) is 0 Å². The third-order valence-corrected chi connectivity index (χ3v) is 4.35. The van der Waals surface area contributed by atoms with Crippen LogP contribution in [0.25, 0.3) is 0 Å². The Kier molecular flexibility index (Phi) is 5.77. The van der Waals surface area contributed by atoms with Crippen molar-refractivity contribution in [1.29, 1.82) is 0 Å². The van der Waals surface area contributed by atoms with Gasteiger partial charge in [0.1, 0.15) is 0 Å². The first kappa shape index (κ1) is 17.5. The Morgan fingerprint density at radius 3 is 2.61 bits per heavy atom. The van der Waals surface area contributed by atoms with E-state index in [1.54, 1.807) is 18.2 Å². The summed E-state index contributed by atoms with van der Waals surface area (Å²) in [5.41, 5.74) is 8.26. The van der Waals surface area contributed by atoms with E-state index in [1.807, 2.05) is 20.8 Å². The summed E-state index contributed by atoms with van der Waals surface area (Å²) in [6, 6.07) is 5.56. The van der Waals surface area contributed by atoms with Gasteiger partial charge in [-0.1, -0.05) is 6.42 Å². The average Bonchev–Trinajstić information content (AvgIpc) is 2.85. The van der Waals surface area contributed by atoms with Crippen molar-refractivity contribution >= 4 is 17.5 Å². The zero-order chi connectivity index (χ0) is 17.0. The van der Waals surface area contributed by atoms with E-state index in [0.717, 1.165) is 30.5 Å². The second-order valence-electron chi connectivity index (χ2n) is 6.77. The molecule has 0 aliphatic heterocycles. The van der Waals surface area contributed by atoms with Gasteiger partial charge in [0, 0.05) is 29.8 Å². The normalized spacial score (nSPS) is 20.6. The van der Waals surface area contributed by atoms with E-state index < -0.39 is 0 Å². The van der Waals surface area contributed by atoms with Crippen LogP contribution in [-0.2, 0) is 4.79 Å². The lowest BCUT2D eigenvalue weighted by Crippen LogP contribution is -2.30. The third kappa shape index (κ3) is 4.79. The van der Waals surface area contributed by atoms with Crippen LogP contribution in [0.15, 0.2) is 18.2 Å². The lowest BCUT2D eigenvalue weighted by atomic mass is 9.99. The van der Waals surface area contributed by atoms with Gasteiger partial charge in [0.2, 0.25) is 5.91 Å². The van der Waals surface area contributed by atoms with Gasteiger partial charge >= 0.3 is 0 Å². The highest BCUT2D eigenvalue weighted by molar-refractivity contribution is 5.96. The van der Waals surface area contributed by atoms with E-state index in [2.05, 4.69) is 10.6 Å². The van der Waals surface area contributed by atoms with Crippen molar-refractivity contribution in [3.8, 4) is 0 Å². The highest BCUT2D eigenvalue weighted by atomic mass is 16.2. The van der Waals surface area contributed by atoms with Gasteiger partial charge in [-0.05, 0) is 63.3 Å². The minimum absolute atomic E-state index is 0.00479. The molecule has 2 amide bonds. The van der Waals surface area contributed by atoms with E-state index in [9.17, 15) is 9.59 Å². The Bertz CT molecular complexity index is 584. The van der Waals surface area contributed by atoms with E-state index in [4.69, 9.17) is 5.73 Å². The maximum atomic E-state index is 12.2. The summed E-state index contributed by atoms with van der Waals surface area (Å²) in [6.07, 6.45) is 3.62. The molecule has 2 rings (SSSR count). The second kappa shape index (κ2) is 7.59. The molecule has 1 saturated carbocycles. The predicted octanol–water partition coefficient (Wildman–Crippen LogP) is 2.59. The number of carbonyl (C=O) groups excluding carboxylic acids is 2. The van der Waals surface area contributed by atoms with Gasteiger partial charge in [0.05, 0.1) is 0 Å². The standard InChI is InChI=1S/C18H27N3O2/c1-11(2)20-18(23)14-7-8-16(12(3)9-14)21-17(22)10-13-5-4-6-15(13)19/h7-9,11,13,15H,4-6,10,19H2,1-3H3,(H,20,23)(H,21,22)/t13-,15+/m0/s1. The average molecular weight is 317 g/mol. The minimum atomic E-state index is -0.0992. The molecule has 2 atom stereocenters. The van der Waals surface area contributed by atoms with Crippen molar-refractivity contribution in [1.82, 2.24) is 5.32 Å². The van der Waals surface area contributed by atoms with Crippen molar-refractivity contribution in [3.63, 3.8) is 0 Å². The lowest BCUT2D eigenvalue weighted by Gasteiger charge is -2.16. The van der Waals surface area contributed by atoms with Crippen molar-refractivity contribution < 1.29 is 9.59 Å². The first-order chi connectivity index (χ1) is 10.9. The predicted molar refractivity (Wildman–Crippen MR) is 92.3 cm³/mol. The smallest absolute Gasteiger partial charge is 0.251 e. The molecule has 0 aromatic heterocycles. The van der Waals surface area contributed by atoms with E-state index in [1.165, 1.54) is 0 Å². The largest absolute Gasteiger partial charge is 0.350 e. The topological polar surface area (TPSA) is 84.2 Å². The summed E-state index contributed by atoms with van der Waals surface area (Å²) in [5, 5.41) is 5.80. The van der Waals surface area contributed by atoms with Crippen LogP contribution in [-0.4, -0.2) is 23.9 Å². The number of nitrogens with two attached hydrogens (primary N) is 1. The molecule has 1 aliphatic rings. The fraction of sp³-hybridized carbons (Fsp3) is 0.556. The van der Waals surface area contributed by atoms with Gasteiger partial charge in [0.15, 0.2) is 0 Å². The highest BCUT2D eigenvalue weighted by Crippen LogP contribution is 2.27. The highest BCUT2D eigenvalue weighted by Gasteiger charge is 2.26. The summed E-state index contributed by atoms with van der Waals surface area (Å²) >= 11 is 0. The number of hydrogen-bond acceptors (Lipinski definition) is 3. The third-order valence-electron chi connectivity index (χ3n) is 4.35. The SMILES string of the molecule is Cc1cc(C(=O)NC(C)C)ccc1NC(=O)C[C@@H]1CCC[C@H]1N. The van der Waals surface area contributed by atoms with Crippen LogP contribution in [0.4, 0.5) is 5.69 Å². The number of benzene rings is 1. The molecule has 23 heavy (non-hydrogen) atoms. The van der Waals surface area contributed by atoms with Crippen LogP contribution >= 0.6 is 0 Å². The van der Waals surface area contributed by atoms with Crippen LogP contribution < -0.4 is 16.4 Å². The molecule has 5 heteroatoms. The summed E-state index contributed by atoms with van der Waals surface area (Å²) in [5.74, 6) is 0.180. The van der Waals surface area contributed by atoms with E-state index in [-0.39, 0.29) is 29.8 Å². The molecule has 0 saturated heterocycles. The van der Waals surface area contributed by atoms with Gasteiger partial charge in [-0.2, -0.15) is 0 Å². The fourth-order valence-electron chi connectivity index (χ4n) is 3.05. The molecule has 0 unspecified atom stereocenters. The van der Waals surface area contributed by atoms with Crippen LogP contribution in [0, 0.1) is 12.8 Å². The van der Waals surface area contributed by atoms with Crippen molar-refractivity contribution in [2.45, 2.75) is 58.5 Å². The van der Waals surface area contributed by atoms with Gasteiger partial charge in [-0.25, -0.2) is 0 Å². The van der Waals surface area contributed by atoms with Crippen LogP contribution in [0.1, 0.15) is 55.5 Å². The second-order valence-corrected chi connectivity index (χ2v) is 6.77. The Labute approximate surface area is 138 Å². The lowest BCUT2D eigenvalue weighted by molar-refractivity contribution is -0.117. The maximum absolute atomic E-state index is 12.2. The molecule has 1 aliphatic carbocycles. The number of hydrogen-bond donors (Lipinski definition) is 3. The van der Waals surface area contributed by atoms with E-state index in [0.29, 0.717) is 12.0 Å². The fourth-order valence-corrected chi connectivity index (χ4v) is 3.05. The van der Waals surface area contributed by atoms with Crippen molar-refractivity contribution in [2.75, 3.05) is 5.32 Å². The first-order valence-corrected chi connectivity index (χ1v) is 8.33. The number of rotatable bonds is 5. The van der Waals surface area contributed by atoms with Gasteiger partial charge in [-0.3, -0.25) is 9.59 Å². The van der Waals surface area contributed by atoms with Gasteiger partial charge in [-0.15, -0.1) is 0 Å². The number of anilines is 1. The number of carbonyl (C=O) groups is 2. The molecule has 1 aromatic rings. The molecule has 4 N–H and O–H groups in total.